The first-order valence-electron chi connectivity index (χ1n) is 7.69. The number of nitrogens with zero attached hydrogens (tertiary/aromatic N) is 2. The lowest BCUT2D eigenvalue weighted by Crippen LogP contribution is -2.32. The van der Waals surface area contributed by atoms with Gasteiger partial charge in [0.05, 0.1) is 18.0 Å². The summed E-state index contributed by atoms with van der Waals surface area (Å²) >= 11 is 0. The van der Waals surface area contributed by atoms with Gasteiger partial charge >= 0.3 is 5.82 Å². The zero-order valence-electron chi connectivity index (χ0n) is 13.3. The molecular weight excluding hydrogens is 306 g/mol. The summed E-state index contributed by atoms with van der Waals surface area (Å²) in [6.45, 7) is 1.64. The van der Waals surface area contributed by atoms with Crippen molar-refractivity contribution in [3.05, 3.63) is 71.9 Å². The lowest BCUT2D eigenvalue weighted by Gasteiger charge is -2.06. The van der Waals surface area contributed by atoms with Crippen molar-refractivity contribution < 1.29 is 13.3 Å². The minimum Gasteiger partial charge on any atom is -0.232 e. The maximum atomic E-state index is 13.9. The van der Waals surface area contributed by atoms with Crippen molar-refractivity contribution >= 4 is 21.7 Å². The number of halogens is 2. The number of benzene rings is 3. The number of aromatic nitrogens is 2. The molecule has 0 aliphatic heterocycles. The number of hydrogen-bond acceptors (Lipinski definition) is 1. The molecule has 0 saturated carbocycles. The smallest absolute Gasteiger partial charge is 0.232 e. The maximum Gasteiger partial charge on any atom is 0.331 e. The van der Waals surface area contributed by atoms with E-state index in [0.29, 0.717) is 17.0 Å². The van der Waals surface area contributed by atoms with Gasteiger partial charge in [0.2, 0.25) is 0 Å². The average Bonchev–Trinajstić information content (AvgIpc) is 2.57. The Morgan fingerprint density at radius 3 is 2.54 bits per heavy atom. The number of rotatable bonds is 1. The zero-order valence-corrected chi connectivity index (χ0v) is 13.3. The molecule has 0 aliphatic rings. The first-order chi connectivity index (χ1) is 11.5. The summed E-state index contributed by atoms with van der Waals surface area (Å²) < 4.78 is 29.5. The Hall–Kier alpha value is -2.88. The monoisotopic (exact) mass is 321 g/mol. The molecule has 0 N–H and O–H groups in total. The van der Waals surface area contributed by atoms with Gasteiger partial charge in [-0.1, -0.05) is 24.3 Å². The van der Waals surface area contributed by atoms with Crippen molar-refractivity contribution in [3.63, 3.8) is 0 Å². The molecule has 0 radical (unpaired) electrons. The highest BCUT2D eigenvalue weighted by molar-refractivity contribution is 6.04. The normalized spacial score (nSPS) is 11.3. The van der Waals surface area contributed by atoms with E-state index in [0.717, 1.165) is 27.7 Å². The van der Waals surface area contributed by atoms with E-state index in [1.807, 2.05) is 49.6 Å². The van der Waals surface area contributed by atoms with Gasteiger partial charge in [0.25, 0.3) is 0 Å². The molecule has 3 aromatic carbocycles. The SMILES string of the molecule is Cc1c(F)cc(F)cc1-c1nc2c(ccc3ccccc32)c[n+]1C. The number of hydrogen-bond donors (Lipinski definition) is 0. The summed E-state index contributed by atoms with van der Waals surface area (Å²) in [5, 5.41) is 3.08. The first-order valence-corrected chi connectivity index (χ1v) is 7.69. The molecule has 0 aliphatic carbocycles. The van der Waals surface area contributed by atoms with Crippen LogP contribution >= 0.6 is 0 Å². The van der Waals surface area contributed by atoms with Gasteiger partial charge in [-0.05, 0) is 35.5 Å². The predicted octanol–water partition coefficient (Wildman–Crippen LogP) is 4.47. The van der Waals surface area contributed by atoms with Gasteiger partial charge in [0.1, 0.15) is 17.8 Å². The van der Waals surface area contributed by atoms with Gasteiger partial charge in [-0.3, -0.25) is 0 Å². The quantitative estimate of drug-likeness (QED) is 0.373. The fourth-order valence-electron chi connectivity index (χ4n) is 3.08. The van der Waals surface area contributed by atoms with E-state index in [2.05, 4.69) is 0 Å². The Balaban J connectivity index is 2.10. The van der Waals surface area contributed by atoms with Gasteiger partial charge in [0.15, 0.2) is 5.52 Å². The molecule has 0 fully saturated rings. The second-order valence-corrected chi connectivity index (χ2v) is 5.96. The van der Waals surface area contributed by atoms with E-state index in [1.165, 1.54) is 6.07 Å². The highest BCUT2D eigenvalue weighted by atomic mass is 19.1. The molecule has 0 amide bonds. The number of fused-ring (bicyclic) bond motifs is 3. The summed E-state index contributed by atoms with van der Waals surface area (Å²) in [6.07, 6.45) is 1.94. The van der Waals surface area contributed by atoms with Crippen LogP contribution in [0.5, 0.6) is 0 Å². The summed E-state index contributed by atoms with van der Waals surface area (Å²) in [5.74, 6) is -0.632. The van der Waals surface area contributed by atoms with Crippen molar-refractivity contribution in [1.29, 1.82) is 0 Å². The molecule has 0 unspecified atom stereocenters. The van der Waals surface area contributed by atoms with Crippen molar-refractivity contribution in [3.8, 4) is 11.4 Å². The van der Waals surface area contributed by atoms with Crippen LogP contribution in [0.3, 0.4) is 0 Å². The summed E-state index contributed by atoms with van der Waals surface area (Å²) in [4.78, 5) is 4.75. The molecule has 118 valence electrons. The first kappa shape index (κ1) is 14.7. The van der Waals surface area contributed by atoms with E-state index < -0.39 is 11.6 Å². The Bertz CT molecular complexity index is 1100. The minimum atomic E-state index is -0.604. The topological polar surface area (TPSA) is 16.8 Å². The van der Waals surface area contributed by atoms with E-state index in [1.54, 1.807) is 11.5 Å². The Labute approximate surface area is 138 Å². The van der Waals surface area contributed by atoms with Crippen LogP contribution in [-0.4, -0.2) is 4.98 Å². The standard InChI is InChI=1S/C20H15F2N2/c1-12-17(9-15(21)10-18(12)22)20-23-19-14(11-24(20)2)8-7-13-5-3-4-6-16(13)19/h3-11H,1-2H3/q+1. The highest BCUT2D eigenvalue weighted by Crippen LogP contribution is 2.27. The van der Waals surface area contributed by atoms with Gasteiger partial charge in [0, 0.05) is 17.0 Å². The Kier molecular flexibility index (Phi) is 3.27. The van der Waals surface area contributed by atoms with Crippen LogP contribution in [-0.2, 0) is 7.05 Å². The predicted molar refractivity (Wildman–Crippen MR) is 90.5 cm³/mol. The number of aryl methyl sites for hydroxylation is 1. The third kappa shape index (κ3) is 2.22. The lowest BCUT2D eigenvalue weighted by atomic mass is 10.0. The molecule has 1 aromatic heterocycles. The van der Waals surface area contributed by atoms with E-state index >= 15 is 0 Å². The molecule has 24 heavy (non-hydrogen) atoms. The second kappa shape index (κ2) is 5.34. The molecule has 0 bridgehead atoms. The summed E-state index contributed by atoms with van der Waals surface area (Å²) in [7, 11) is 1.83. The summed E-state index contributed by atoms with van der Waals surface area (Å²) in [5.41, 5.74) is 1.68. The van der Waals surface area contributed by atoms with Gasteiger partial charge in [-0.15, -0.1) is 0 Å². The van der Waals surface area contributed by atoms with Crippen molar-refractivity contribution in [1.82, 2.24) is 4.98 Å². The van der Waals surface area contributed by atoms with Crippen LogP contribution < -0.4 is 4.57 Å². The largest absolute Gasteiger partial charge is 0.331 e. The van der Waals surface area contributed by atoms with Crippen LogP contribution in [0.15, 0.2) is 54.7 Å². The Morgan fingerprint density at radius 1 is 0.958 bits per heavy atom. The molecule has 0 spiro atoms. The fourth-order valence-corrected chi connectivity index (χ4v) is 3.08. The van der Waals surface area contributed by atoms with E-state index in [4.69, 9.17) is 4.98 Å². The van der Waals surface area contributed by atoms with Crippen LogP contribution in [0.2, 0.25) is 0 Å². The molecule has 0 saturated heterocycles. The average molecular weight is 321 g/mol. The van der Waals surface area contributed by atoms with E-state index in [-0.39, 0.29) is 0 Å². The van der Waals surface area contributed by atoms with Crippen LogP contribution in [0.25, 0.3) is 33.1 Å². The molecule has 1 heterocycles. The van der Waals surface area contributed by atoms with E-state index in [9.17, 15) is 8.78 Å². The lowest BCUT2D eigenvalue weighted by molar-refractivity contribution is -0.661. The Morgan fingerprint density at radius 2 is 1.71 bits per heavy atom. The van der Waals surface area contributed by atoms with Gasteiger partial charge in [-0.2, -0.15) is 0 Å². The van der Waals surface area contributed by atoms with Crippen LogP contribution in [0.4, 0.5) is 8.78 Å². The molecule has 2 nitrogen and oxygen atoms in total. The molecule has 4 aromatic rings. The fraction of sp³-hybridized carbons (Fsp3) is 0.100. The van der Waals surface area contributed by atoms with Gasteiger partial charge in [-0.25, -0.2) is 13.3 Å². The van der Waals surface area contributed by atoms with Crippen LogP contribution in [0.1, 0.15) is 5.56 Å². The second-order valence-electron chi connectivity index (χ2n) is 5.96. The molecule has 0 atom stereocenters. The molecular formula is C20H15F2N2+. The highest BCUT2D eigenvalue weighted by Gasteiger charge is 2.21. The zero-order chi connectivity index (χ0) is 16.8. The third-order valence-corrected chi connectivity index (χ3v) is 4.37. The molecule has 4 heteroatoms. The van der Waals surface area contributed by atoms with Crippen LogP contribution in [0, 0.1) is 18.6 Å². The summed E-state index contributed by atoms with van der Waals surface area (Å²) in [6, 6.07) is 14.3. The minimum absolute atomic E-state index is 0.388. The molecule has 4 rings (SSSR count). The van der Waals surface area contributed by atoms with Gasteiger partial charge < -0.3 is 0 Å². The maximum absolute atomic E-state index is 13.9. The third-order valence-electron chi connectivity index (χ3n) is 4.37. The van der Waals surface area contributed by atoms with Crippen molar-refractivity contribution in [2.45, 2.75) is 6.92 Å². The van der Waals surface area contributed by atoms with Crippen molar-refractivity contribution in [2.75, 3.05) is 0 Å². The van der Waals surface area contributed by atoms with Crippen molar-refractivity contribution in [2.24, 2.45) is 7.05 Å².